The molecular weight excluding hydrogens is 714 g/mol. The van der Waals surface area contributed by atoms with E-state index in [9.17, 15) is 28.0 Å². The molecule has 2 saturated heterocycles. The normalized spacial score (nSPS) is 27.6. The average molecular weight is 780 g/mol. The van der Waals surface area contributed by atoms with Gasteiger partial charge in [-0.05, 0) is 130 Å². The lowest BCUT2D eigenvalue weighted by Gasteiger charge is -2.50. The van der Waals surface area contributed by atoms with Gasteiger partial charge in [-0.1, -0.05) is 39.3 Å². The number of benzene rings is 1. The van der Waals surface area contributed by atoms with Crippen molar-refractivity contribution in [1.82, 2.24) is 15.3 Å². The van der Waals surface area contributed by atoms with E-state index in [0.717, 1.165) is 44.9 Å². The highest BCUT2D eigenvalue weighted by Crippen LogP contribution is 2.61. The van der Waals surface area contributed by atoms with Gasteiger partial charge in [0.2, 0.25) is 5.91 Å². The molecule has 0 aromatic heterocycles. The summed E-state index contributed by atoms with van der Waals surface area (Å²) in [5.41, 5.74) is 3.90. The Bertz CT molecular complexity index is 1380. The van der Waals surface area contributed by atoms with Crippen molar-refractivity contribution in [3.05, 3.63) is 41.5 Å². The Morgan fingerprint density at radius 2 is 1.81 bits per heavy atom. The number of alkyl halides is 3. The zero-order chi connectivity index (χ0) is 40.3. The van der Waals surface area contributed by atoms with Crippen molar-refractivity contribution in [3.63, 3.8) is 0 Å². The molecule has 2 aliphatic heterocycles. The molecule has 6 rings (SSSR count). The number of nitrogens with one attached hydrogen (secondary N) is 1. The summed E-state index contributed by atoms with van der Waals surface area (Å²) in [5, 5.41) is 9.69. The fourth-order valence-corrected chi connectivity index (χ4v) is 8.98. The molecule has 2 saturated carbocycles. The fourth-order valence-electron chi connectivity index (χ4n) is 8.82. The van der Waals surface area contributed by atoms with Gasteiger partial charge in [0, 0.05) is 38.1 Å². The first kappa shape index (κ1) is 46.2. The maximum Gasteiger partial charge on any atom is 0.415 e. The highest BCUT2D eigenvalue weighted by Gasteiger charge is 2.54. The summed E-state index contributed by atoms with van der Waals surface area (Å²) in [6.07, 6.45) is 8.71. The van der Waals surface area contributed by atoms with Crippen LogP contribution < -0.4 is 10.2 Å². The third kappa shape index (κ3) is 11.4. The van der Waals surface area contributed by atoms with Gasteiger partial charge in [0.15, 0.2) is 0 Å². The Morgan fingerprint density at radius 3 is 2.39 bits per heavy atom. The molecule has 5 aliphatic rings. The van der Waals surface area contributed by atoms with E-state index in [-0.39, 0.29) is 42.5 Å². The van der Waals surface area contributed by atoms with Crippen molar-refractivity contribution in [2.24, 2.45) is 17.3 Å². The van der Waals surface area contributed by atoms with E-state index in [1.807, 2.05) is 31.7 Å². The van der Waals surface area contributed by atoms with Gasteiger partial charge in [-0.25, -0.2) is 23.4 Å². The molecule has 2 heterocycles. The molecule has 4 fully saturated rings. The highest BCUT2D eigenvalue weighted by atomic mass is 32.1. The predicted molar refractivity (Wildman–Crippen MR) is 213 cm³/mol. The molecule has 54 heavy (non-hydrogen) atoms. The third-order valence-electron chi connectivity index (χ3n) is 12.2. The SMILES string of the molecule is C=C(C)CC.CC.CC12CCC3c4ccc(OC(=O)N5CCC(N6CCOCC6=O)CC5)cc4CCC3C1CCC2NO.[B]C(C)(F)C(F)(F)CCCS. The Labute approximate surface area is 329 Å². The zero-order valence-electron chi connectivity index (χ0n) is 33.5. The van der Waals surface area contributed by atoms with Crippen LogP contribution in [0, 0.1) is 17.3 Å². The molecule has 6 atom stereocenters. The van der Waals surface area contributed by atoms with Crippen molar-refractivity contribution in [1.29, 1.82) is 0 Å². The second-order valence-corrected chi connectivity index (χ2v) is 16.2. The van der Waals surface area contributed by atoms with Gasteiger partial charge < -0.3 is 24.5 Å². The van der Waals surface area contributed by atoms with Crippen LogP contribution in [-0.4, -0.2) is 97.0 Å². The van der Waals surface area contributed by atoms with Gasteiger partial charge in [-0.2, -0.15) is 12.6 Å². The lowest BCUT2D eigenvalue weighted by Crippen LogP contribution is -2.52. The Morgan fingerprint density at radius 1 is 1.15 bits per heavy atom. The van der Waals surface area contributed by atoms with Gasteiger partial charge >= 0.3 is 6.09 Å². The summed E-state index contributed by atoms with van der Waals surface area (Å²) in [5.74, 6) is -0.560. The number of ether oxygens (including phenoxy) is 2. The van der Waals surface area contributed by atoms with Crippen molar-refractivity contribution < 1.29 is 37.4 Å². The Balaban J connectivity index is 0.000000366. The number of nitrogens with zero attached hydrogens (tertiary/aromatic N) is 2. The number of morpholine rings is 1. The number of thiol groups is 1. The van der Waals surface area contributed by atoms with E-state index >= 15 is 0 Å². The number of aryl methyl sites for hydroxylation is 1. The summed E-state index contributed by atoms with van der Waals surface area (Å²) in [6, 6.07) is 6.65. The van der Waals surface area contributed by atoms with E-state index in [4.69, 9.17) is 9.47 Å². The third-order valence-corrected chi connectivity index (χ3v) is 12.5. The number of hydrogen-bond acceptors (Lipinski definition) is 7. The number of allylic oxidation sites excluding steroid dienone is 1. The molecule has 3 aliphatic carbocycles. The predicted octanol–water partition coefficient (Wildman–Crippen LogP) is 8.90. The molecule has 304 valence electrons. The van der Waals surface area contributed by atoms with Gasteiger partial charge in [-0.15, -0.1) is 6.58 Å². The zero-order valence-corrected chi connectivity index (χ0v) is 34.4. The van der Waals surface area contributed by atoms with Gasteiger partial charge in [0.1, 0.15) is 25.8 Å². The van der Waals surface area contributed by atoms with E-state index in [1.54, 1.807) is 4.90 Å². The second kappa shape index (κ2) is 20.8. The van der Waals surface area contributed by atoms with Crippen LogP contribution in [-0.2, 0) is 16.0 Å². The van der Waals surface area contributed by atoms with Crippen molar-refractivity contribution in [2.75, 3.05) is 38.6 Å². The lowest BCUT2D eigenvalue weighted by molar-refractivity contribution is -0.146. The van der Waals surface area contributed by atoms with E-state index < -0.39 is 17.9 Å². The second-order valence-electron chi connectivity index (χ2n) is 15.7. The highest BCUT2D eigenvalue weighted by molar-refractivity contribution is 7.80. The van der Waals surface area contributed by atoms with Crippen molar-refractivity contribution in [2.45, 2.75) is 142 Å². The standard InChI is InChI=1S/C28H39N3O5.C6H10BF3S.C5H10.C2H6/c1-28-11-8-22-21-5-3-20(16-18(21)2-4-23(22)24(28)6-7-25(28)29-34)36-27(33)30-12-9-19(10-13-30)31-14-15-35-17-26(31)32;1-5(7,8)6(9,10)3-2-4-11;1-4-5(2)3;1-2/h3,5,16,19,22-25,29,34H,2,4,6-15,17H2,1H3;11H,2-4H2,1H3;2,4H2,1,3H3;1-2H3. The van der Waals surface area contributed by atoms with Gasteiger partial charge in [-0.3, -0.25) is 4.79 Å². The summed E-state index contributed by atoms with van der Waals surface area (Å²) in [7, 11) is 4.61. The quantitative estimate of drug-likeness (QED) is 0.106. The molecule has 0 bridgehead atoms. The number of halogens is 3. The first-order valence-electron chi connectivity index (χ1n) is 20.0. The number of hydroxylamine groups is 1. The minimum atomic E-state index is -3.45. The number of carbonyl (C=O) groups excluding carboxylic acids is 2. The molecule has 2 radical (unpaired) electrons. The molecular formula is C41H65BF3N3O5S. The lowest BCUT2D eigenvalue weighted by atomic mass is 9.55. The molecule has 8 nitrogen and oxygen atoms in total. The number of amides is 2. The van der Waals surface area contributed by atoms with E-state index in [2.05, 4.69) is 58.5 Å². The van der Waals surface area contributed by atoms with Crippen molar-refractivity contribution in [3.8, 4) is 5.75 Å². The first-order valence-corrected chi connectivity index (χ1v) is 20.7. The van der Waals surface area contributed by atoms with Crippen LogP contribution in [0.3, 0.4) is 0 Å². The van der Waals surface area contributed by atoms with Crippen LogP contribution in [0.2, 0.25) is 0 Å². The molecule has 0 spiro atoms. The molecule has 1 aromatic rings. The van der Waals surface area contributed by atoms with Crippen LogP contribution in [0.15, 0.2) is 30.4 Å². The number of fused-ring (bicyclic) bond motifs is 5. The molecule has 2 amide bonds. The van der Waals surface area contributed by atoms with E-state index in [0.29, 0.717) is 62.4 Å². The van der Waals surface area contributed by atoms with Crippen LogP contribution in [0.1, 0.15) is 123 Å². The van der Waals surface area contributed by atoms with Crippen LogP contribution in [0.5, 0.6) is 5.75 Å². The molecule has 1 aromatic carbocycles. The Hall–Kier alpha value is -2.22. The topological polar surface area (TPSA) is 91.3 Å². The number of carbonyl (C=O) groups is 2. The monoisotopic (exact) mass is 779 g/mol. The van der Waals surface area contributed by atoms with E-state index in [1.165, 1.54) is 29.5 Å². The Kier molecular flexibility index (Phi) is 17.8. The van der Waals surface area contributed by atoms with Crippen molar-refractivity contribution >= 4 is 32.5 Å². The number of rotatable bonds is 8. The van der Waals surface area contributed by atoms with Gasteiger partial charge in [0.25, 0.3) is 5.92 Å². The van der Waals surface area contributed by atoms with Crippen LogP contribution in [0.25, 0.3) is 0 Å². The summed E-state index contributed by atoms with van der Waals surface area (Å²) in [6.45, 7) is 17.5. The number of piperidine rings is 1. The first-order chi connectivity index (χ1) is 25.6. The smallest absolute Gasteiger partial charge is 0.410 e. The maximum atomic E-state index is 12.9. The molecule has 2 N–H and O–H groups in total. The fraction of sp³-hybridized carbons (Fsp3) is 0.756. The van der Waals surface area contributed by atoms with Crippen LogP contribution in [0.4, 0.5) is 18.0 Å². The average Bonchev–Trinajstić information content (AvgIpc) is 3.51. The molecule has 6 unspecified atom stereocenters. The van der Waals surface area contributed by atoms with Crippen LogP contribution >= 0.6 is 12.6 Å². The minimum absolute atomic E-state index is 0.0546. The minimum Gasteiger partial charge on any atom is -0.410 e. The summed E-state index contributed by atoms with van der Waals surface area (Å²) in [4.78, 5) is 28.7. The number of hydrogen-bond donors (Lipinski definition) is 3. The largest absolute Gasteiger partial charge is 0.415 e. The molecule has 13 heteroatoms. The number of likely N-dealkylation sites (tertiary alicyclic amines) is 1. The maximum absolute atomic E-state index is 12.9. The summed E-state index contributed by atoms with van der Waals surface area (Å²) >= 11 is 3.73. The van der Waals surface area contributed by atoms with Gasteiger partial charge in [0.05, 0.1) is 6.61 Å². The summed E-state index contributed by atoms with van der Waals surface area (Å²) < 4.78 is 48.7.